The molecule has 22 heavy (non-hydrogen) atoms. The molecule has 0 bridgehead atoms. The largest absolute Gasteiger partial charge is 0.148 e. The van der Waals surface area contributed by atoms with Crippen LogP contribution in [0.1, 0.15) is 80.7 Å². The van der Waals surface area contributed by atoms with Crippen molar-refractivity contribution in [1.82, 2.24) is 0 Å². The van der Waals surface area contributed by atoms with Crippen molar-refractivity contribution >= 4 is 11.3 Å². The van der Waals surface area contributed by atoms with E-state index in [0.717, 1.165) is 11.8 Å². The summed E-state index contributed by atoms with van der Waals surface area (Å²) < 4.78 is 0. The fourth-order valence-electron chi connectivity index (χ4n) is 3.85. The Morgan fingerprint density at radius 2 is 2.05 bits per heavy atom. The molecule has 1 aromatic heterocycles. The van der Waals surface area contributed by atoms with E-state index in [1.54, 1.807) is 16.0 Å². The van der Waals surface area contributed by atoms with Crippen LogP contribution in [0.4, 0.5) is 0 Å². The van der Waals surface area contributed by atoms with Crippen molar-refractivity contribution in [2.24, 2.45) is 0 Å². The van der Waals surface area contributed by atoms with Gasteiger partial charge in [-0.15, -0.1) is 11.3 Å². The topological polar surface area (TPSA) is 0 Å². The van der Waals surface area contributed by atoms with E-state index < -0.39 is 0 Å². The molecule has 1 unspecified atom stereocenters. The van der Waals surface area contributed by atoms with Gasteiger partial charge in [-0.05, 0) is 77.6 Å². The Balaban J connectivity index is 1.87. The monoisotopic (exact) mass is 312 g/mol. The lowest BCUT2D eigenvalue weighted by atomic mass is 9.83. The minimum atomic E-state index is 0.741. The van der Waals surface area contributed by atoms with Crippen LogP contribution in [0.3, 0.4) is 0 Å². The van der Waals surface area contributed by atoms with Gasteiger partial charge in [0.05, 0.1) is 0 Å². The van der Waals surface area contributed by atoms with Crippen molar-refractivity contribution in [2.45, 2.75) is 71.1 Å². The second kappa shape index (κ2) is 7.00. The lowest BCUT2D eigenvalue weighted by Gasteiger charge is -2.22. The Labute approximate surface area is 139 Å². The minimum Gasteiger partial charge on any atom is -0.148 e. The third-order valence-electron chi connectivity index (χ3n) is 5.24. The first-order chi connectivity index (χ1) is 10.7. The van der Waals surface area contributed by atoms with Crippen LogP contribution in [0.15, 0.2) is 29.6 Å². The normalized spacial score (nSPS) is 19.0. The van der Waals surface area contributed by atoms with Crippen LogP contribution in [0.25, 0.3) is 11.1 Å². The molecule has 1 aliphatic rings. The molecule has 1 heteroatoms. The number of aryl methyl sites for hydroxylation is 1. The molecule has 0 saturated carbocycles. The Morgan fingerprint density at radius 3 is 2.82 bits per heavy atom. The third-order valence-corrected chi connectivity index (χ3v) is 6.34. The molecule has 1 aliphatic carbocycles. The lowest BCUT2D eigenvalue weighted by Crippen LogP contribution is -2.06. The molecule has 0 fully saturated rings. The van der Waals surface area contributed by atoms with Crippen LogP contribution in [0.5, 0.6) is 0 Å². The molecule has 0 saturated heterocycles. The summed E-state index contributed by atoms with van der Waals surface area (Å²) in [6.45, 7) is 6.98. The molecule has 2 atom stereocenters. The molecule has 1 heterocycles. The quantitative estimate of drug-likeness (QED) is 0.550. The van der Waals surface area contributed by atoms with E-state index in [9.17, 15) is 0 Å². The van der Waals surface area contributed by atoms with Gasteiger partial charge in [0.2, 0.25) is 0 Å². The van der Waals surface area contributed by atoms with Crippen LogP contribution >= 0.6 is 11.3 Å². The van der Waals surface area contributed by atoms with Gasteiger partial charge in [0.25, 0.3) is 0 Å². The highest BCUT2D eigenvalue weighted by Crippen LogP contribution is 2.37. The number of fused-ring (bicyclic) bond motifs is 1. The lowest BCUT2D eigenvalue weighted by molar-refractivity contribution is 0.590. The Kier molecular flexibility index (Phi) is 5.03. The maximum Gasteiger partial charge on any atom is 0.00824 e. The summed E-state index contributed by atoms with van der Waals surface area (Å²) in [5, 5.41) is 2.36. The number of thiophene rings is 1. The van der Waals surface area contributed by atoms with Gasteiger partial charge in [-0.25, -0.2) is 0 Å². The predicted octanol–water partition coefficient (Wildman–Crippen LogP) is 7.15. The summed E-state index contributed by atoms with van der Waals surface area (Å²) in [7, 11) is 0. The van der Waals surface area contributed by atoms with Crippen LogP contribution in [-0.4, -0.2) is 0 Å². The summed E-state index contributed by atoms with van der Waals surface area (Å²) in [5.41, 5.74) is 6.02. The molecule has 0 radical (unpaired) electrons. The fourth-order valence-corrected chi connectivity index (χ4v) is 4.99. The summed E-state index contributed by atoms with van der Waals surface area (Å²) in [5.74, 6) is 1.49. The molecular formula is C21H28S. The second-order valence-electron chi connectivity index (χ2n) is 6.84. The molecular weight excluding hydrogens is 284 g/mol. The zero-order chi connectivity index (χ0) is 15.5. The van der Waals surface area contributed by atoms with E-state index in [2.05, 4.69) is 50.4 Å². The van der Waals surface area contributed by atoms with Crippen LogP contribution in [-0.2, 0) is 6.42 Å². The highest BCUT2D eigenvalue weighted by atomic mass is 32.1. The van der Waals surface area contributed by atoms with Gasteiger partial charge in [0.15, 0.2) is 0 Å². The van der Waals surface area contributed by atoms with Gasteiger partial charge < -0.3 is 0 Å². The summed E-state index contributed by atoms with van der Waals surface area (Å²) in [6, 6.07) is 9.63. The number of rotatable bonds is 5. The Morgan fingerprint density at radius 1 is 1.18 bits per heavy atom. The van der Waals surface area contributed by atoms with Crippen molar-refractivity contribution in [2.75, 3.05) is 0 Å². The Bertz CT molecular complexity index is 623. The molecule has 0 aliphatic heterocycles. The SMILES string of the molecule is CCCC(CC)c1cc(-c2ccc3c(c2)CCC[C@H]3C)cs1. The highest BCUT2D eigenvalue weighted by Gasteiger charge is 2.17. The van der Waals surface area contributed by atoms with Crippen molar-refractivity contribution in [3.8, 4) is 11.1 Å². The maximum atomic E-state index is 2.46. The molecule has 0 nitrogen and oxygen atoms in total. The Hall–Kier alpha value is -1.08. The van der Waals surface area contributed by atoms with Crippen molar-refractivity contribution in [3.63, 3.8) is 0 Å². The van der Waals surface area contributed by atoms with E-state index in [-0.39, 0.29) is 0 Å². The molecule has 3 rings (SSSR count). The van der Waals surface area contributed by atoms with Crippen LogP contribution in [0, 0.1) is 0 Å². The molecule has 118 valence electrons. The van der Waals surface area contributed by atoms with Gasteiger partial charge >= 0.3 is 0 Å². The first kappa shape index (κ1) is 15.8. The van der Waals surface area contributed by atoms with Gasteiger partial charge in [-0.3, -0.25) is 0 Å². The maximum absolute atomic E-state index is 2.46. The molecule has 2 aromatic rings. The van der Waals surface area contributed by atoms with Crippen molar-refractivity contribution in [3.05, 3.63) is 45.6 Å². The number of hydrogen-bond acceptors (Lipinski definition) is 1. The number of hydrogen-bond donors (Lipinski definition) is 0. The number of benzene rings is 1. The third kappa shape index (κ3) is 3.15. The smallest absolute Gasteiger partial charge is 0.00824 e. The first-order valence-corrected chi connectivity index (χ1v) is 9.82. The summed E-state index contributed by atoms with van der Waals surface area (Å²) >= 11 is 1.95. The first-order valence-electron chi connectivity index (χ1n) is 8.94. The average molecular weight is 313 g/mol. The van der Waals surface area contributed by atoms with Crippen LogP contribution < -0.4 is 0 Å². The zero-order valence-corrected chi connectivity index (χ0v) is 15.0. The van der Waals surface area contributed by atoms with E-state index >= 15 is 0 Å². The molecule has 0 amide bonds. The summed E-state index contributed by atoms with van der Waals surface area (Å²) in [6.07, 6.45) is 7.82. The highest BCUT2D eigenvalue weighted by molar-refractivity contribution is 7.10. The van der Waals surface area contributed by atoms with Crippen molar-refractivity contribution in [1.29, 1.82) is 0 Å². The van der Waals surface area contributed by atoms with Gasteiger partial charge in [-0.2, -0.15) is 0 Å². The predicted molar refractivity (Wildman–Crippen MR) is 99.0 cm³/mol. The van der Waals surface area contributed by atoms with Gasteiger partial charge in [0, 0.05) is 4.88 Å². The molecule has 0 spiro atoms. The minimum absolute atomic E-state index is 0.741. The van der Waals surface area contributed by atoms with Gasteiger partial charge in [0.1, 0.15) is 0 Å². The summed E-state index contributed by atoms with van der Waals surface area (Å²) in [4.78, 5) is 1.57. The molecule has 1 aromatic carbocycles. The zero-order valence-electron chi connectivity index (χ0n) is 14.2. The standard InChI is InChI=1S/C21H28S/c1-4-7-16(5-2)21-13-19(14-22-21)17-10-11-20-15(3)8-6-9-18(20)12-17/h10-16H,4-9H2,1-3H3/t15-,16?/m1/s1. The fraction of sp³-hybridized carbons (Fsp3) is 0.524. The molecule has 0 N–H and O–H groups in total. The van der Waals surface area contributed by atoms with Crippen LogP contribution in [0.2, 0.25) is 0 Å². The van der Waals surface area contributed by atoms with Crippen molar-refractivity contribution < 1.29 is 0 Å². The van der Waals surface area contributed by atoms with Gasteiger partial charge in [-0.1, -0.05) is 45.4 Å². The van der Waals surface area contributed by atoms with E-state index in [0.29, 0.717) is 0 Å². The average Bonchev–Trinajstić information content (AvgIpc) is 3.02. The van der Waals surface area contributed by atoms with E-state index in [4.69, 9.17) is 0 Å². The second-order valence-corrected chi connectivity index (χ2v) is 7.78. The van der Waals surface area contributed by atoms with E-state index in [1.165, 1.54) is 49.7 Å². The van der Waals surface area contributed by atoms with E-state index in [1.807, 2.05) is 11.3 Å².